The van der Waals surface area contributed by atoms with Gasteiger partial charge in [-0.15, -0.1) is 5.10 Å². The number of nitrogens with zero attached hydrogens (tertiary/aromatic N) is 2. The molecule has 1 heterocycles. The highest BCUT2D eigenvalue weighted by atomic mass is 16.8. The number of nitrogens with one attached hydrogen (secondary N) is 1. The fourth-order valence-corrected chi connectivity index (χ4v) is 1.39. The highest BCUT2D eigenvalue weighted by Gasteiger charge is 2.22. The van der Waals surface area contributed by atoms with Gasteiger partial charge in [-0.3, -0.25) is 10.1 Å². The minimum atomic E-state index is -1.22. The lowest BCUT2D eigenvalue weighted by molar-refractivity contribution is -0.156. The van der Waals surface area contributed by atoms with Crippen LogP contribution in [-0.2, 0) is 9.53 Å². The maximum absolute atomic E-state index is 11.5. The van der Waals surface area contributed by atoms with Crippen LogP contribution in [0.2, 0.25) is 0 Å². The van der Waals surface area contributed by atoms with Crippen LogP contribution in [-0.4, -0.2) is 40.6 Å². The molecule has 1 unspecified atom stereocenters. The predicted molar refractivity (Wildman–Crippen MR) is 72.7 cm³/mol. The second kappa shape index (κ2) is 6.71. The number of aliphatic hydroxyl groups is 1. The van der Waals surface area contributed by atoms with Crippen LogP contribution >= 0.6 is 0 Å². The molecule has 1 rings (SSSR count). The molecule has 0 bridgehead atoms. The van der Waals surface area contributed by atoms with E-state index in [1.165, 1.54) is 4.85 Å². The summed E-state index contributed by atoms with van der Waals surface area (Å²) in [6.07, 6.45) is -1.22. The summed E-state index contributed by atoms with van der Waals surface area (Å²) in [6.45, 7) is 9.43. The number of aliphatic hydroxyl groups excluding tert-OH is 1. The van der Waals surface area contributed by atoms with Gasteiger partial charge in [0, 0.05) is 6.54 Å². The fourth-order valence-electron chi connectivity index (χ4n) is 1.39. The predicted octanol–water partition coefficient (Wildman–Crippen LogP) is 0.383. The van der Waals surface area contributed by atoms with Gasteiger partial charge < -0.3 is 14.7 Å². The van der Waals surface area contributed by atoms with E-state index in [2.05, 4.69) is 10.4 Å². The van der Waals surface area contributed by atoms with Crippen LogP contribution in [0.3, 0.4) is 0 Å². The van der Waals surface area contributed by atoms with Crippen molar-refractivity contribution in [1.82, 2.24) is 15.3 Å². The zero-order chi connectivity index (χ0) is 15.3. The number of carbonyl (C=O) groups is 1. The van der Waals surface area contributed by atoms with Crippen LogP contribution in [0, 0.1) is 19.3 Å². The van der Waals surface area contributed by atoms with Gasteiger partial charge in [-0.2, -0.15) is 0 Å². The monoisotopic (exact) mass is 285 g/mol. The lowest BCUT2D eigenvalue weighted by Gasteiger charge is -2.18. The first-order chi connectivity index (χ1) is 9.20. The first-order valence-electron chi connectivity index (χ1n) is 6.49. The molecule has 1 atom stereocenters. The highest BCUT2D eigenvalue weighted by molar-refractivity contribution is 5.75. The summed E-state index contributed by atoms with van der Waals surface area (Å²) >= 11 is 0. The molecule has 114 valence electrons. The molecule has 0 saturated heterocycles. The van der Waals surface area contributed by atoms with Crippen molar-refractivity contribution in [3.8, 4) is 0 Å². The Balaban J connectivity index is 2.26. The molecular weight excluding hydrogens is 262 g/mol. The Labute approximate surface area is 118 Å². The summed E-state index contributed by atoms with van der Waals surface area (Å²) in [6, 6.07) is 1.83. The summed E-state index contributed by atoms with van der Waals surface area (Å²) in [5, 5.41) is 16.3. The van der Waals surface area contributed by atoms with Gasteiger partial charge in [0.15, 0.2) is 0 Å². The average Bonchev–Trinajstić information content (AvgIpc) is 2.61. The Bertz CT molecular complexity index is 451. The van der Waals surface area contributed by atoms with Gasteiger partial charge >= 0.3 is 5.97 Å². The summed E-state index contributed by atoms with van der Waals surface area (Å²) in [5.74, 6) is -0.284. The third-order valence-corrected chi connectivity index (χ3v) is 2.43. The smallest absolute Gasteiger partial charge is 0.311 e. The van der Waals surface area contributed by atoms with Crippen molar-refractivity contribution in [3.05, 3.63) is 17.5 Å². The minimum Gasteiger partial charge on any atom is -0.464 e. The quantitative estimate of drug-likeness (QED) is 0.446. The van der Waals surface area contributed by atoms with E-state index in [4.69, 9.17) is 9.57 Å². The van der Waals surface area contributed by atoms with Crippen molar-refractivity contribution in [2.24, 2.45) is 5.41 Å². The second-order valence-electron chi connectivity index (χ2n) is 5.60. The highest BCUT2D eigenvalue weighted by Crippen LogP contribution is 2.14. The van der Waals surface area contributed by atoms with Gasteiger partial charge in [0.2, 0.25) is 0 Å². The Morgan fingerprint density at radius 1 is 1.50 bits per heavy atom. The van der Waals surface area contributed by atoms with E-state index >= 15 is 0 Å². The zero-order valence-corrected chi connectivity index (χ0v) is 12.6. The summed E-state index contributed by atoms with van der Waals surface area (Å²) in [7, 11) is 0. The average molecular weight is 285 g/mol. The Kier molecular flexibility index (Phi) is 5.52. The topological polar surface area (TPSA) is 85.6 Å². The molecule has 1 aromatic rings. The van der Waals surface area contributed by atoms with Crippen molar-refractivity contribution in [2.75, 3.05) is 13.2 Å². The lowest BCUT2D eigenvalue weighted by Crippen LogP contribution is -2.41. The number of esters is 1. The summed E-state index contributed by atoms with van der Waals surface area (Å²) < 4.78 is 5.04. The van der Waals surface area contributed by atoms with Crippen LogP contribution in [0.4, 0.5) is 0 Å². The molecule has 0 aromatic carbocycles. The first-order valence-corrected chi connectivity index (χ1v) is 6.49. The van der Waals surface area contributed by atoms with E-state index < -0.39 is 11.8 Å². The maximum atomic E-state index is 11.5. The Morgan fingerprint density at radius 3 is 2.65 bits per heavy atom. The molecule has 0 aliphatic heterocycles. The lowest BCUT2D eigenvalue weighted by atomic mass is 9.97. The zero-order valence-electron chi connectivity index (χ0n) is 12.6. The normalized spacial score (nSPS) is 13.1. The van der Waals surface area contributed by atoms with Gasteiger partial charge in [-0.1, -0.05) is 4.85 Å². The van der Waals surface area contributed by atoms with Gasteiger partial charge in [0.1, 0.15) is 6.61 Å². The van der Waals surface area contributed by atoms with E-state index in [1.807, 2.05) is 19.9 Å². The first kappa shape index (κ1) is 16.5. The molecule has 1 aromatic heterocycles. The van der Waals surface area contributed by atoms with E-state index in [-0.39, 0.29) is 19.1 Å². The van der Waals surface area contributed by atoms with Crippen LogP contribution in [0.5, 0.6) is 0 Å². The third-order valence-electron chi connectivity index (χ3n) is 2.43. The molecule has 20 heavy (non-hydrogen) atoms. The molecule has 0 spiro atoms. The van der Waals surface area contributed by atoms with E-state index in [9.17, 15) is 9.90 Å². The van der Waals surface area contributed by atoms with Gasteiger partial charge in [0.25, 0.3) is 6.41 Å². The van der Waals surface area contributed by atoms with Crippen molar-refractivity contribution in [2.45, 2.75) is 41.0 Å². The summed E-state index contributed by atoms with van der Waals surface area (Å²) in [4.78, 5) is 17.9. The maximum Gasteiger partial charge on any atom is 0.311 e. The van der Waals surface area contributed by atoms with Crippen molar-refractivity contribution >= 4 is 5.97 Å². The molecule has 7 heteroatoms. The number of hydrogen-bond acceptors (Lipinski definition) is 6. The number of aryl methyl sites for hydroxylation is 2. The molecule has 0 radical (unpaired) electrons. The molecular formula is C13H23N3O4. The molecule has 0 aliphatic carbocycles. The minimum absolute atomic E-state index is 0.160. The molecule has 0 aliphatic rings. The van der Waals surface area contributed by atoms with Gasteiger partial charge in [0.05, 0.1) is 16.8 Å². The van der Waals surface area contributed by atoms with E-state index in [0.717, 1.165) is 11.4 Å². The number of aromatic nitrogens is 2. The number of ether oxygens (including phenoxy) is 1. The van der Waals surface area contributed by atoms with Crippen LogP contribution in [0.25, 0.3) is 0 Å². The standard InChI is InChI=1S/C13H23N3O4/c1-9-8-10(2)16(15-9)20-12(18)14-6-7-19-11(17)13(3,4)5/h8,12,14,18H,6-7H2,1-5H3. The number of carbonyl (C=O) groups excluding carboxylic acids is 1. The Morgan fingerprint density at radius 2 is 2.15 bits per heavy atom. The number of rotatable bonds is 6. The molecule has 7 nitrogen and oxygen atoms in total. The molecule has 0 saturated carbocycles. The fraction of sp³-hybridized carbons (Fsp3) is 0.692. The summed E-state index contributed by atoms with van der Waals surface area (Å²) in [5.41, 5.74) is 1.05. The Hall–Kier alpha value is -1.60. The van der Waals surface area contributed by atoms with Gasteiger partial charge in [-0.25, -0.2) is 0 Å². The van der Waals surface area contributed by atoms with Gasteiger partial charge in [-0.05, 0) is 40.7 Å². The second-order valence-corrected chi connectivity index (χ2v) is 5.60. The van der Waals surface area contributed by atoms with Crippen LogP contribution < -0.4 is 10.2 Å². The van der Waals surface area contributed by atoms with Crippen molar-refractivity contribution in [3.63, 3.8) is 0 Å². The molecule has 2 N–H and O–H groups in total. The number of hydrogen-bond donors (Lipinski definition) is 2. The van der Waals surface area contributed by atoms with Crippen molar-refractivity contribution < 1.29 is 19.5 Å². The largest absolute Gasteiger partial charge is 0.464 e. The van der Waals surface area contributed by atoms with Crippen LogP contribution in [0.15, 0.2) is 6.07 Å². The molecule has 0 amide bonds. The molecule has 0 fully saturated rings. The van der Waals surface area contributed by atoms with Crippen LogP contribution in [0.1, 0.15) is 32.2 Å². The SMILES string of the molecule is Cc1cc(C)n(OC(O)NCCOC(=O)C(C)(C)C)n1. The van der Waals surface area contributed by atoms with E-state index in [0.29, 0.717) is 0 Å². The van der Waals surface area contributed by atoms with E-state index in [1.54, 1.807) is 20.8 Å². The van der Waals surface area contributed by atoms with Crippen molar-refractivity contribution in [1.29, 1.82) is 0 Å². The third kappa shape index (κ3) is 5.18.